The molecule has 1 saturated heterocycles. The van der Waals surface area contributed by atoms with Crippen LogP contribution in [0.5, 0.6) is 0 Å². The maximum Gasteiger partial charge on any atom is 0.416 e. The summed E-state index contributed by atoms with van der Waals surface area (Å²) in [5, 5.41) is 22.7. The van der Waals surface area contributed by atoms with E-state index < -0.39 is 52.5 Å². The number of hydrogen-bond acceptors (Lipinski definition) is 5. The van der Waals surface area contributed by atoms with Crippen molar-refractivity contribution >= 4 is 17.4 Å². The lowest BCUT2D eigenvalue weighted by Crippen LogP contribution is -2.39. The molecule has 6 nitrogen and oxygen atoms in total. The van der Waals surface area contributed by atoms with Crippen LogP contribution in [0.25, 0.3) is 11.1 Å². The Hall–Kier alpha value is -3.64. The number of anilines is 2. The van der Waals surface area contributed by atoms with Gasteiger partial charge in [0.2, 0.25) is 5.91 Å². The van der Waals surface area contributed by atoms with E-state index in [9.17, 15) is 41.4 Å². The van der Waals surface area contributed by atoms with Crippen LogP contribution in [-0.4, -0.2) is 46.4 Å². The number of halogens is 6. The van der Waals surface area contributed by atoms with Crippen molar-refractivity contribution in [2.75, 3.05) is 23.4 Å². The lowest BCUT2D eigenvalue weighted by atomic mass is 9.77. The largest absolute Gasteiger partial charge is 0.416 e. The number of alkyl halides is 6. The molecule has 0 spiro atoms. The first kappa shape index (κ1) is 30.3. The van der Waals surface area contributed by atoms with Crippen LogP contribution in [0.2, 0.25) is 0 Å². The molecule has 0 radical (unpaired) electrons. The number of hydrogen-bond donors (Lipinski definition) is 3. The van der Waals surface area contributed by atoms with Crippen LogP contribution in [0.3, 0.4) is 0 Å². The third-order valence-electron chi connectivity index (χ3n) is 7.65. The van der Waals surface area contributed by atoms with E-state index in [0.29, 0.717) is 42.0 Å². The predicted molar refractivity (Wildman–Crippen MR) is 141 cm³/mol. The molecule has 1 aromatic heterocycles. The summed E-state index contributed by atoms with van der Waals surface area (Å²) < 4.78 is 81.3. The van der Waals surface area contributed by atoms with Crippen molar-refractivity contribution < 1.29 is 41.4 Å². The van der Waals surface area contributed by atoms with Crippen molar-refractivity contribution in [1.82, 2.24) is 4.98 Å². The number of nitrogens with one attached hydrogen (secondary N) is 1. The van der Waals surface area contributed by atoms with Crippen LogP contribution in [0.15, 0.2) is 60.8 Å². The molecule has 1 aliphatic rings. The zero-order chi connectivity index (χ0) is 30.2. The van der Waals surface area contributed by atoms with E-state index in [4.69, 9.17) is 0 Å². The van der Waals surface area contributed by atoms with Crippen molar-refractivity contribution in [2.24, 2.45) is 0 Å². The van der Waals surface area contributed by atoms with E-state index >= 15 is 0 Å². The number of nitrogens with zero attached hydrogens (tertiary/aromatic N) is 2. The molecule has 1 fully saturated rings. The average molecular weight is 582 g/mol. The minimum Gasteiger partial charge on any atom is -0.394 e. The highest BCUT2D eigenvalue weighted by Gasteiger charge is 2.41. The maximum atomic E-state index is 13.7. The van der Waals surface area contributed by atoms with Crippen molar-refractivity contribution in [3.8, 4) is 11.1 Å². The molecule has 220 valence electrons. The Balaban J connectivity index is 1.77. The molecule has 3 N–H and O–H groups in total. The Morgan fingerprint density at radius 1 is 1.00 bits per heavy atom. The quantitative estimate of drug-likeness (QED) is 0.297. The molecule has 2 aromatic carbocycles. The van der Waals surface area contributed by atoms with Crippen molar-refractivity contribution in [3.05, 3.63) is 77.5 Å². The molecule has 0 bridgehead atoms. The highest BCUT2D eigenvalue weighted by molar-refractivity contribution is 6.02. The number of amides is 1. The van der Waals surface area contributed by atoms with E-state index in [-0.39, 0.29) is 24.8 Å². The van der Waals surface area contributed by atoms with Crippen LogP contribution in [0, 0.1) is 0 Å². The number of rotatable bonds is 7. The molecular weight excluding hydrogens is 552 g/mol. The summed E-state index contributed by atoms with van der Waals surface area (Å²) in [6.45, 7) is 2.90. The molecular formula is C29H29F6N3O3. The number of carbonyl (C=O) groups excluding carboxylic acids is 1. The SMILES string of the molecule is CC[C@@](C)(C(=O)Nc1cnc(N2CC[C@H](O)C2CO)cc1-c1ccccc1)c1cc(C(F)(F)F)cc(C(F)(F)F)c1. The minimum atomic E-state index is -5.06. The molecule has 1 amide bonds. The Morgan fingerprint density at radius 3 is 2.12 bits per heavy atom. The molecule has 0 aliphatic carbocycles. The molecule has 4 rings (SSSR count). The number of carbonyl (C=O) groups is 1. The summed E-state index contributed by atoms with van der Waals surface area (Å²) in [5.41, 5.74) is -3.87. The third kappa shape index (κ3) is 6.18. The van der Waals surface area contributed by atoms with Gasteiger partial charge in [-0.2, -0.15) is 26.3 Å². The van der Waals surface area contributed by atoms with Gasteiger partial charge in [-0.15, -0.1) is 0 Å². The summed E-state index contributed by atoms with van der Waals surface area (Å²) >= 11 is 0. The number of aliphatic hydroxyl groups excluding tert-OH is 2. The van der Waals surface area contributed by atoms with Crippen LogP contribution in [0.4, 0.5) is 37.8 Å². The van der Waals surface area contributed by atoms with Gasteiger partial charge in [-0.1, -0.05) is 37.3 Å². The van der Waals surface area contributed by atoms with Crippen molar-refractivity contribution in [2.45, 2.75) is 56.6 Å². The summed E-state index contributed by atoms with van der Waals surface area (Å²) in [6.07, 6.45) is -9.22. The zero-order valence-corrected chi connectivity index (χ0v) is 22.2. The Labute approximate surface area is 232 Å². The fourth-order valence-corrected chi connectivity index (χ4v) is 4.93. The molecule has 41 heavy (non-hydrogen) atoms. The Bertz CT molecular complexity index is 1360. The van der Waals surface area contributed by atoms with Crippen LogP contribution in [-0.2, 0) is 22.6 Å². The fourth-order valence-electron chi connectivity index (χ4n) is 4.93. The predicted octanol–water partition coefficient (Wildman–Crippen LogP) is 6.02. The lowest BCUT2D eigenvalue weighted by Gasteiger charge is -2.30. The first-order valence-electron chi connectivity index (χ1n) is 12.9. The molecule has 3 aromatic rings. The van der Waals surface area contributed by atoms with E-state index in [0.717, 1.165) is 0 Å². The van der Waals surface area contributed by atoms with Crippen molar-refractivity contribution in [3.63, 3.8) is 0 Å². The fraction of sp³-hybridized carbons (Fsp3) is 0.379. The number of aromatic nitrogens is 1. The van der Waals surface area contributed by atoms with E-state index in [1.54, 1.807) is 41.3 Å². The van der Waals surface area contributed by atoms with Gasteiger partial charge in [0.15, 0.2) is 0 Å². The first-order valence-corrected chi connectivity index (χ1v) is 12.9. The third-order valence-corrected chi connectivity index (χ3v) is 7.65. The average Bonchev–Trinajstić information content (AvgIpc) is 3.32. The van der Waals surface area contributed by atoms with Crippen LogP contribution in [0.1, 0.15) is 43.4 Å². The normalized spacial score (nSPS) is 19.2. The van der Waals surface area contributed by atoms with Gasteiger partial charge in [0.05, 0.1) is 47.2 Å². The number of aliphatic hydroxyl groups is 2. The molecule has 0 saturated carbocycles. The second-order valence-corrected chi connectivity index (χ2v) is 10.2. The van der Waals surface area contributed by atoms with Crippen LogP contribution >= 0.6 is 0 Å². The molecule has 2 heterocycles. The topological polar surface area (TPSA) is 85.7 Å². The molecule has 1 unspecified atom stereocenters. The van der Waals surface area contributed by atoms with Gasteiger partial charge in [0, 0.05) is 12.1 Å². The first-order chi connectivity index (χ1) is 19.2. The van der Waals surface area contributed by atoms with Gasteiger partial charge in [-0.05, 0) is 55.2 Å². The molecule has 3 atom stereocenters. The lowest BCUT2D eigenvalue weighted by molar-refractivity contribution is -0.143. The second-order valence-electron chi connectivity index (χ2n) is 10.2. The number of benzene rings is 2. The number of pyridine rings is 1. The van der Waals surface area contributed by atoms with E-state index in [2.05, 4.69) is 10.3 Å². The Morgan fingerprint density at radius 2 is 1.59 bits per heavy atom. The second kappa shape index (κ2) is 11.3. The van der Waals surface area contributed by atoms with E-state index in [1.807, 2.05) is 0 Å². The Kier molecular flexibility index (Phi) is 8.38. The van der Waals surface area contributed by atoms with Crippen molar-refractivity contribution in [1.29, 1.82) is 0 Å². The minimum absolute atomic E-state index is 0.0303. The highest BCUT2D eigenvalue weighted by atomic mass is 19.4. The van der Waals surface area contributed by atoms with Gasteiger partial charge >= 0.3 is 12.4 Å². The van der Waals surface area contributed by atoms with Gasteiger partial charge in [0.1, 0.15) is 5.82 Å². The van der Waals surface area contributed by atoms with Gasteiger partial charge in [-0.25, -0.2) is 4.98 Å². The van der Waals surface area contributed by atoms with Gasteiger partial charge in [0.25, 0.3) is 0 Å². The smallest absolute Gasteiger partial charge is 0.394 e. The summed E-state index contributed by atoms with van der Waals surface area (Å²) in [7, 11) is 0. The maximum absolute atomic E-state index is 13.7. The summed E-state index contributed by atoms with van der Waals surface area (Å²) in [5.74, 6) is -0.396. The summed E-state index contributed by atoms with van der Waals surface area (Å²) in [4.78, 5) is 19.8. The van der Waals surface area contributed by atoms with E-state index in [1.165, 1.54) is 20.0 Å². The summed E-state index contributed by atoms with van der Waals surface area (Å²) in [6, 6.07) is 11.1. The highest BCUT2D eigenvalue weighted by Crippen LogP contribution is 2.41. The standard InChI is InChI=1S/C29H29F6N3O3/c1-3-27(2,18-11-19(28(30,31)32)13-20(12-18)29(33,34)35)26(41)37-22-15-36-25(38-10-9-24(40)23(38)16-39)14-21(22)17-7-5-4-6-8-17/h4-8,11-15,23-24,39-40H,3,9-10,16H2,1-2H3,(H,37,41)/t23?,24-,27+/m0/s1. The molecule has 12 heteroatoms. The van der Waals surface area contributed by atoms with Crippen LogP contribution < -0.4 is 10.2 Å². The zero-order valence-electron chi connectivity index (χ0n) is 22.2. The monoisotopic (exact) mass is 581 g/mol. The van der Waals surface area contributed by atoms with Gasteiger partial charge in [-0.3, -0.25) is 4.79 Å². The molecule has 1 aliphatic heterocycles. The van der Waals surface area contributed by atoms with Gasteiger partial charge < -0.3 is 20.4 Å².